The Balaban J connectivity index is 2.05. The number of nitrogens with two attached hydrogens (primary N) is 1. The molecular formula is C22H32N4O7. The molecule has 0 aromatic heterocycles. The van der Waals surface area contributed by atoms with E-state index in [0.717, 1.165) is 5.56 Å². The van der Waals surface area contributed by atoms with Crippen LogP contribution in [-0.4, -0.2) is 81.2 Å². The summed E-state index contributed by atoms with van der Waals surface area (Å²) in [5.74, 6) is -3.31. The lowest BCUT2D eigenvalue weighted by Crippen LogP contribution is -2.58. The highest BCUT2D eigenvalue weighted by Gasteiger charge is 2.38. The molecule has 1 fully saturated rings. The van der Waals surface area contributed by atoms with E-state index in [4.69, 9.17) is 15.9 Å². The molecule has 1 aliphatic rings. The number of rotatable bonds is 10. The number of aromatic hydroxyl groups is 1. The van der Waals surface area contributed by atoms with Gasteiger partial charge in [-0.2, -0.15) is 0 Å². The summed E-state index contributed by atoms with van der Waals surface area (Å²) in [6, 6.07) is 2.12. The van der Waals surface area contributed by atoms with E-state index in [2.05, 4.69) is 10.6 Å². The van der Waals surface area contributed by atoms with Gasteiger partial charge in [0.15, 0.2) is 0 Å². The Morgan fingerprint density at radius 2 is 1.79 bits per heavy atom. The van der Waals surface area contributed by atoms with Crippen molar-refractivity contribution in [2.45, 2.75) is 57.3 Å². The number of aliphatic carboxylic acids is 1. The molecule has 1 saturated heterocycles. The maximum absolute atomic E-state index is 13.0. The van der Waals surface area contributed by atoms with Gasteiger partial charge in [0.25, 0.3) is 0 Å². The largest absolute Gasteiger partial charge is 0.508 e. The van der Waals surface area contributed by atoms with Gasteiger partial charge in [0, 0.05) is 6.54 Å². The fourth-order valence-electron chi connectivity index (χ4n) is 3.72. The number of carboxylic acids is 1. The number of benzene rings is 1. The van der Waals surface area contributed by atoms with Crippen LogP contribution in [0.15, 0.2) is 24.3 Å². The van der Waals surface area contributed by atoms with Crippen LogP contribution in [0.3, 0.4) is 0 Å². The average Bonchev–Trinajstić information content (AvgIpc) is 3.26. The van der Waals surface area contributed by atoms with Gasteiger partial charge in [-0.1, -0.05) is 26.0 Å². The third kappa shape index (κ3) is 6.90. The number of amides is 3. The van der Waals surface area contributed by atoms with Crippen LogP contribution in [0.1, 0.15) is 32.3 Å². The fourth-order valence-corrected chi connectivity index (χ4v) is 3.72. The van der Waals surface area contributed by atoms with Gasteiger partial charge >= 0.3 is 5.97 Å². The van der Waals surface area contributed by atoms with Gasteiger partial charge in [-0.3, -0.25) is 14.4 Å². The summed E-state index contributed by atoms with van der Waals surface area (Å²) >= 11 is 0. The number of hydrogen-bond acceptors (Lipinski definition) is 7. The van der Waals surface area contributed by atoms with Crippen LogP contribution in [0, 0.1) is 5.92 Å². The molecule has 11 nitrogen and oxygen atoms in total. The van der Waals surface area contributed by atoms with Crippen molar-refractivity contribution in [2.24, 2.45) is 11.7 Å². The molecule has 0 aliphatic carbocycles. The predicted molar refractivity (Wildman–Crippen MR) is 118 cm³/mol. The number of carbonyl (C=O) groups is 4. The molecule has 2 rings (SSSR count). The number of likely N-dealkylation sites (tertiary alicyclic amines) is 1. The zero-order valence-corrected chi connectivity index (χ0v) is 18.7. The molecule has 1 aromatic carbocycles. The number of hydrogen-bond donors (Lipinski definition) is 6. The number of aliphatic hydroxyl groups is 1. The van der Waals surface area contributed by atoms with Crippen molar-refractivity contribution < 1.29 is 34.5 Å². The SMILES string of the molecule is CC(C)C(NC(=O)C1CCCN1C(=O)C(N)Cc1ccc(O)cc1)C(=O)NC(CO)C(=O)O. The van der Waals surface area contributed by atoms with E-state index in [1.165, 1.54) is 17.0 Å². The summed E-state index contributed by atoms with van der Waals surface area (Å²) in [6.07, 6.45) is 1.24. The summed E-state index contributed by atoms with van der Waals surface area (Å²) < 4.78 is 0. The third-order valence-electron chi connectivity index (χ3n) is 5.59. The monoisotopic (exact) mass is 464 g/mol. The summed E-state index contributed by atoms with van der Waals surface area (Å²) in [6.45, 7) is 2.93. The van der Waals surface area contributed by atoms with Crippen LogP contribution in [0.2, 0.25) is 0 Å². The van der Waals surface area contributed by atoms with E-state index < -0.39 is 54.5 Å². The van der Waals surface area contributed by atoms with Crippen molar-refractivity contribution in [3.8, 4) is 5.75 Å². The standard InChI is InChI=1S/C22H32N4O7/c1-12(2)18(20(30)24-16(11-27)22(32)33)25-19(29)17-4-3-9-26(17)21(31)15(23)10-13-5-7-14(28)8-6-13/h5-8,12,15-18,27-28H,3-4,9-11,23H2,1-2H3,(H,24,30)(H,25,29)(H,32,33). The van der Waals surface area contributed by atoms with Crippen molar-refractivity contribution in [1.29, 1.82) is 0 Å². The number of nitrogens with one attached hydrogen (secondary N) is 2. The molecule has 7 N–H and O–H groups in total. The molecule has 4 atom stereocenters. The van der Waals surface area contributed by atoms with E-state index in [0.29, 0.717) is 19.4 Å². The van der Waals surface area contributed by atoms with Crippen LogP contribution in [0.25, 0.3) is 0 Å². The van der Waals surface area contributed by atoms with Crippen LogP contribution < -0.4 is 16.4 Å². The number of nitrogens with zero attached hydrogens (tertiary/aromatic N) is 1. The first-order chi connectivity index (χ1) is 15.5. The van der Waals surface area contributed by atoms with Crippen molar-refractivity contribution >= 4 is 23.7 Å². The molecule has 0 spiro atoms. The second kappa shape index (κ2) is 11.6. The summed E-state index contributed by atoms with van der Waals surface area (Å²) in [5, 5.41) is 32.4. The van der Waals surface area contributed by atoms with Crippen LogP contribution in [-0.2, 0) is 25.6 Å². The van der Waals surface area contributed by atoms with Crippen LogP contribution in [0.5, 0.6) is 5.75 Å². The van der Waals surface area contributed by atoms with Gasteiger partial charge in [0.2, 0.25) is 17.7 Å². The molecule has 0 saturated carbocycles. The molecule has 11 heteroatoms. The summed E-state index contributed by atoms with van der Waals surface area (Å²) in [4.78, 5) is 50.9. The molecule has 3 amide bonds. The van der Waals surface area contributed by atoms with Gasteiger partial charge in [0.1, 0.15) is 23.9 Å². The Hall–Kier alpha value is -3.18. The Morgan fingerprint density at radius 1 is 1.15 bits per heavy atom. The van der Waals surface area contributed by atoms with Crippen LogP contribution in [0.4, 0.5) is 0 Å². The smallest absolute Gasteiger partial charge is 0.328 e. The second-order valence-electron chi connectivity index (χ2n) is 8.48. The summed E-state index contributed by atoms with van der Waals surface area (Å²) in [7, 11) is 0. The minimum atomic E-state index is -1.49. The zero-order valence-electron chi connectivity index (χ0n) is 18.7. The molecule has 33 heavy (non-hydrogen) atoms. The number of phenolic OH excluding ortho intramolecular Hbond substituents is 1. The normalized spacial score (nSPS) is 18.5. The lowest BCUT2D eigenvalue weighted by atomic mass is 10.0. The molecule has 0 bridgehead atoms. The number of carboxylic acid groups (broad SMARTS) is 1. The average molecular weight is 465 g/mol. The van der Waals surface area contributed by atoms with E-state index in [1.54, 1.807) is 26.0 Å². The molecule has 182 valence electrons. The Bertz CT molecular complexity index is 859. The van der Waals surface area contributed by atoms with Crippen molar-refractivity contribution in [3.63, 3.8) is 0 Å². The highest BCUT2D eigenvalue weighted by Crippen LogP contribution is 2.20. The van der Waals surface area contributed by atoms with Gasteiger partial charge in [-0.05, 0) is 42.9 Å². The highest BCUT2D eigenvalue weighted by molar-refractivity contribution is 5.94. The Morgan fingerprint density at radius 3 is 2.33 bits per heavy atom. The third-order valence-corrected chi connectivity index (χ3v) is 5.59. The molecular weight excluding hydrogens is 432 g/mol. The zero-order chi connectivity index (χ0) is 24.7. The molecule has 1 aliphatic heterocycles. The van der Waals surface area contributed by atoms with Gasteiger partial charge < -0.3 is 36.6 Å². The van der Waals surface area contributed by atoms with E-state index in [-0.39, 0.29) is 18.1 Å². The molecule has 0 radical (unpaired) electrons. The lowest BCUT2D eigenvalue weighted by Gasteiger charge is -2.29. The molecule has 1 aromatic rings. The predicted octanol–water partition coefficient (Wildman–Crippen LogP) is -1.04. The van der Waals surface area contributed by atoms with E-state index in [9.17, 15) is 24.3 Å². The van der Waals surface area contributed by atoms with Crippen molar-refractivity contribution in [1.82, 2.24) is 15.5 Å². The number of aliphatic hydroxyl groups excluding tert-OH is 1. The Labute approximate surface area is 191 Å². The first kappa shape index (κ1) is 26.1. The first-order valence-corrected chi connectivity index (χ1v) is 10.8. The minimum absolute atomic E-state index is 0.104. The van der Waals surface area contributed by atoms with Crippen molar-refractivity contribution in [2.75, 3.05) is 13.2 Å². The van der Waals surface area contributed by atoms with Gasteiger partial charge in [-0.25, -0.2) is 4.79 Å². The van der Waals surface area contributed by atoms with Crippen molar-refractivity contribution in [3.05, 3.63) is 29.8 Å². The van der Waals surface area contributed by atoms with E-state index >= 15 is 0 Å². The van der Waals surface area contributed by atoms with Gasteiger partial charge in [-0.15, -0.1) is 0 Å². The number of carbonyl (C=O) groups excluding carboxylic acids is 3. The Kier molecular flexibility index (Phi) is 9.18. The highest BCUT2D eigenvalue weighted by atomic mass is 16.4. The fraction of sp³-hybridized carbons (Fsp3) is 0.545. The topological polar surface area (TPSA) is 182 Å². The quantitative estimate of drug-likeness (QED) is 0.254. The molecule has 4 unspecified atom stereocenters. The minimum Gasteiger partial charge on any atom is -0.508 e. The number of phenols is 1. The maximum Gasteiger partial charge on any atom is 0.328 e. The van der Waals surface area contributed by atoms with Gasteiger partial charge in [0.05, 0.1) is 12.6 Å². The molecule has 1 heterocycles. The van der Waals surface area contributed by atoms with Crippen LogP contribution >= 0.6 is 0 Å². The summed E-state index contributed by atoms with van der Waals surface area (Å²) in [5.41, 5.74) is 6.86. The van der Waals surface area contributed by atoms with E-state index in [1.807, 2.05) is 0 Å². The maximum atomic E-state index is 13.0. The second-order valence-corrected chi connectivity index (χ2v) is 8.48. The first-order valence-electron chi connectivity index (χ1n) is 10.8. The lowest BCUT2D eigenvalue weighted by molar-refractivity contribution is -0.144.